The highest BCUT2D eigenvalue weighted by Gasteiger charge is 2.22. The Morgan fingerprint density at radius 3 is 2.69 bits per heavy atom. The third-order valence-corrected chi connectivity index (χ3v) is 3.44. The molecule has 3 unspecified atom stereocenters. The van der Waals surface area contributed by atoms with E-state index in [1.54, 1.807) is 0 Å². The van der Waals surface area contributed by atoms with Gasteiger partial charge in [-0.15, -0.1) is 0 Å². The summed E-state index contributed by atoms with van der Waals surface area (Å²) < 4.78 is 0. The fourth-order valence-corrected chi connectivity index (χ4v) is 2.72. The molecule has 16 heavy (non-hydrogen) atoms. The van der Waals surface area contributed by atoms with Crippen molar-refractivity contribution in [3.05, 3.63) is 0 Å². The van der Waals surface area contributed by atoms with Gasteiger partial charge in [0.1, 0.15) is 0 Å². The van der Waals surface area contributed by atoms with E-state index in [4.69, 9.17) is 5.11 Å². The molecule has 0 amide bonds. The summed E-state index contributed by atoms with van der Waals surface area (Å²) in [4.78, 5) is 0. The predicted octanol–water partition coefficient (Wildman–Crippen LogP) is 1.53. The number of hydrogen-bond donors (Lipinski definition) is 3. The van der Waals surface area contributed by atoms with Crippen molar-refractivity contribution in [3.63, 3.8) is 0 Å². The zero-order valence-electron chi connectivity index (χ0n) is 10.7. The minimum Gasteiger partial charge on any atom is -0.394 e. The van der Waals surface area contributed by atoms with Crippen LogP contribution in [-0.4, -0.2) is 35.5 Å². The van der Waals surface area contributed by atoms with E-state index in [0.29, 0.717) is 12.6 Å². The molecule has 3 N–H and O–H groups in total. The third kappa shape index (κ3) is 5.28. The molecule has 1 fully saturated rings. The number of hydrogen-bond acceptors (Lipinski definition) is 3. The minimum atomic E-state index is -0.606. The van der Waals surface area contributed by atoms with Gasteiger partial charge in [0.05, 0.1) is 12.7 Å². The van der Waals surface area contributed by atoms with Crippen molar-refractivity contribution in [1.29, 1.82) is 0 Å². The van der Waals surface area contributed by atoms with Crippen LogP contribution in [0.5, 0.6) is 0 Å². The normalized spacial score (nSPS) is 28.3. The second-order valence-electron chi connectivity index (χ2n) is 5.60. The lowest BCUT2D eigenvalue weighted by Gasteiger charge is -2.31. The van der Waals surface area contributed by atoms with Gasteiger partial charge in [-0.25, -0.2) is 0 Å². The molecule has 0 bridgehead atoms. The molecule has 0 spiro atoms. The number of nitrogens with one attached hydrogen (secondary N) is 1. The van der Waals surface area contributed by atoms with Crippen LogP contribution in [0.25, 0.3) is 0 Å². The molecule has 0 aromatic rings. The Hall–Kier alpha value is -0.120. The van der Waals surface area contributed by atoms with E-state index in [2.05, 4.69) is 19.2 Å². The largest absolute Gasteiger partial charge is 0.394 e. The fraction of sp³-hybridized carbons (Fsp3) is 1.00. The van der Waals surface area contributed by atoms with Gasteiger partial charge in [-0.3, -0.25) is 0 Å². The monoisotopic (exact) mass is 229 g/mol. The van der Waals surface area contributed by atoms with Crippen molar-refractivity contribution in [2.45, 2.75) is 58.1 Å². The minimum absolute atomic E-state index is 0.144. The van der Waals surface area contributed by atoms with E-state index >= 15 is 0 Å². The van der Waals surface area contributed by atoms with Gasteiger partial charge in [0.15, 0.2) is 0 Å². The standard InChI is InChI=1S/C13H27NO2/c1-10(2)6-11-4-3-5-12(7-11)14-8-13(16)9-15/h10-16H,3-9H2,1-2H3. The first kappa shape index (κ1) is 13.9. The fourth-order valence-electron chi connectivity index (χ4n) is 2.72. The van der Waals surface area contributed by atoms with E-state index in [9.17, 15) is 5.11 Å². The number of aliphatic hydroxyl groups excluding tert-OH is 2. The first-order chi connectivity index (χ1) is 7.61. The van der Waals surface area contributed by atoms with Crippen LogP contribution in [0.4, 0.5) is 0 Å². The van der Waals surface area contributed by atoms with Gasteiger partial charge in [-0.2, -0.15) is 0 Å². The molecule has 96 valence electrons. The second kappa shape index (κ2) is 7.25. The van der Waals surface area contributed by atoms with E-state index in [-0.39, 0.29) is 6.61 Å². The summed E-state index contributed by atoms with van der Waals surface area (Å²) in [6.45, 7) is 4.95. The van der Waals surface area contributed by atoms with Gasteiger partial charge in [0, 0.05) is 12.6 Å². The van der Waals surface area contributed by atoms with Gasteiger partial charge >= 0.3 is 0 Å². The number of aliphatic hydroxyl groups is 2. The van der Waals surface area contributed by atoms with E-state index in [1.807, 2.05) is 0 Å². The topological polar surface area (TPSA) is 52.5 Å². The smallest absolute Gasteiger partial charge is 0.0895 e. The Bertz CT molecular complexity index is 185. The van der Waals surface area contributed by atoms with Crippen LogP contribution in [0, 0.1) is 11.8 Å². The third-order valence-electron chi connectivity index (χ3n) is 3.44. The van der Waals surface area contributed by atoms with Crippen LogP contribution in [0.2, 0.25) is 0 Å². The first-order valence-electron chi connectivity index (χ1n) is 6.64. The maximum atomic E-state index is 9.29. The molecule has 3 heteroatoms. The van der Waals surface area contributed by atoms with Crippen LogP contribution >= 0.6 is 0 Å². The first-order valence-corrected chi connectivity index (χ1v) is 6.64. The number of rotatable bonds is 6. The Labute approximate surface area is 99.3 Å². The molecule has 0 heterocycles. The molecule has 0 aromatic carbocycles. The van der Waals surface area contributed by atoms with Crippen molar-refractivity contribution in [2.24, 2.45) is 11.8 Å². The van der Waals surface area contributed by atoms with Crippen LogP contribution in [0.1, 0.15) is 46.0 Å². The quantitative estimate of drug-likeness (QED) is 0.647. The summed E-state index contributed by atoms with van der Waals surface area (Å²) in [5, 5.41) is 21.4. The van der Waals surface area contributed by atoms with Gasteiger partial charge in [-0.1, -0.05) is 26.7 Å². The molecule has 0 radical (unpaired) electrons. The molecular weight excluding hydrogens is 202 g/mol. The highest BCUT2D eigenvalue weighted by molar-refractivity contribution is 4.79. The predicted molar refractivity (Wildman–Crippen MR) is 66.3 cm³/mol. The molecule has 0 saturated heterocycles. The van der Waals surface area contributed by atoms with Gasteiger partial charge in [0.25, 0.3) is 0 Å². The molecular formula is C13H27NO2. The molecule has 1 aliphatic carbocycles. The molecule has 3 nitrogen and oxygen atoms in total. The van der Waals surface area contributed by atoms with Gasteiger partial charge < -0.3 is 15.5 Å². The average molecular weight is 229 g/mol. The summed E-state index contributed by atoms with van der Waals surface area (Å²) in [5.41, 5.74) is 0. The summed E-state index contributed by atoms with van der Waals surface area (Å²) >= 11 is 0. The molecule has 3 atom stereocenters. The van der Waals surface area contributed by atoms with Gasteiger partial charge in [-0.05, 0) is 31.1 Å². The summed E-state index contributed by atoms with van der Waals surface area (Å²) in [6, 6.07) is 0.540. The van der Waals surface area contributed by atoms with Crippen LogP contribution in [0.3, 0.4) is 0 Å². The van der Waals surface area contributed by atoms with Crippen LogP contribution in [-0.2, 0) is 0 Å². The highest BCUT2D eigenvalue weighted by Crippen LogP contribution is 2.29. The molecule has 0 aliphatic heterocycles. The average Bonchev–Trinajstić information content (AvgIpc) is 2.25. The maximum Gasteiger partial charge on any atom is 0.0895 e. The molecule has 1 aliphatic rings. The van der Waals surface area contributed by atoms with Crippen molar-refractivity contribution in [3.8, 4) is 0 Å². The van der Waals surface area contributed by atoms with Gasteiger partial charge in [0.2, 0.25) is 0 Å². The Morgan fingerprint density at radius 2 is 2.06 bits per heavy atom. The Morgan fingerprint density at radius 1 is 1.31 bits per heavy atom. The lowest BCUT2D eigenvalue weighted by molar-refractivity contribution is 0.0886. The van der Waals surface area contributed by atoms with Crippen molar-refractivity contribution >= 4 is 0 Å². The Kier molecular flexibility index (Phi) is 6.32. The van der Waals surface area contributed by atoms with E-state index in [0.717, 1.165) is 11.8 Å². The zero-order valence-corrected chi connectivity index (χ0v) is 10.7. The van der Waals surface area contributed by atoms with E-state index in [1.165, 1.54) is 32.1 Å². The van der Waals surface area contributed by atoms with Crippen LogP contribution < -0.4 is 5.32 Å². The zero-order chi connectivity index (χ0) is 12.0. The van der Waals surface area contributed by atoms with Crippen molar-refractivity contribution in [2.75, 3.05) is 13.2 Å². The molecule has 0 aromatic heterocycles. The molecule has 1 saturated carbocycles. The summed E-state index contributed by atoms with van der Waals surface area (Å²) in [6.07, 6.45) is 5.82. The molecule has 1 rings (SSSR count). The summed E-state index contributed by atoms with van der Waals surface area (Å²) in [7, 11) is 0. The second-order valence-corrected chi connectivity index (χ2v) is 5.60. The van der Waals surface area contributed by atoms with E-state index < -0.39 is 6.10 Å². The highest BCUT2D eigenvalue weighted by atomic mass is 16.3. The maximum absolute atomic E-state index is 9.29. The van der Waals surface area contributed by atoms with Crippen molar-refractivity contribution < 1.29 is 10.2 Å². The van der Waals surface area contributed by atoms with Crippen LogP contribution in [0.15, 0.2) is 0 Å². The summed E-state index contributed by atoms with van der Waals surface area (Å²) in [5.74, 6) is 1.63. The SMILES string of the molecule is CC(C)CC1CCCC(NCC(O)CO)C1. The lowest BCUT2D eigenvalue weighted by atomic mass is 9.81. The van der Waals surface area contributed by atoms with Crippen molar-refractivity contribution in [1.82, 2.24) is 5.32 Å². The Balaban J connectivity index is 2.22. The lowest BCUT2D eigenvalue weighted by Crippen LogP contribution is -2.39.